The van der Waals surface area contributed by atoms with Crippen LogP contribution in [-0.4, -0.2) is 6.61 Å². The lowest BCUT2D eigenvalue weighted by Gasteiger charge is -2.21. The molecular weight excluding hydrogens is 208 g/mol. The van der Waals surface area contributed by atoms with Crippen LogP contribution in [0, 0.1) is 5.92 Å². The summed E-state index contributed by atoms with van der Waals surface area (Å²) in [6.07, 6.45) is 9.44. The summed E-state index contributed by atoms with van der Waals surface area (Å²) < 4.78 is 5.85. The van der Waals surface area contributed by atoms with Crippen molar-refractivity contribution in [3.63, 3.8) is 0 Å². The molecule has 1 fully saturated rings. The van der Waals surface area contributed by atoms with Gasteiger partial charge in [0, 0.05) is 0 Å². The lowest BCUT2D eigenvalue weighted by molar-refractivity contribution is 0.246. The highest BCUT2D eigenvalue weighted by molar-refractivity contribution is 5.28. The number of hydrogen-bond acceptors (Lipinski definition) is 1. The van der Waals surface area contributed by atoms with Crippen LogP contribution >= 0.6 is 0 Å². The van der Waals surface area contributed by atoms with Crippen molar-refractivity contribution in [3.8, 4) is 5.75 Å². The van der Waals surface area contributed by atoms with Crippen molar-refractivity contribution < 1.29 is 4.74 Å². The minimum absolute atomic E-state index is 0.887. The van der Waals surface area contributed by atoms with Gasteiger partial charge in [0.25, 0.3) is 0 Å². The molecule has 1 aliphatic rings. The van der Waals surface area contributed by atoms with Crippen molar-refractivity contribution in [2.75, 3.05) is 6.61 Å². The van der Waals surface area contributed by atoms with Gasteiger partial charge in [0.15, 0.2) is 0 Å². The Morgan fingerprint density at radius 1 is 1.18 bits per heavy atom. The van der Waals surface area contributed by atoms with Crippen molar-refractivity contribution in [3.05, 3.63) is 29.8 Å². The molecule has 1 aromatic rings. The zero-order valence-electron chi connectivity index (χ0n) is 11.0. The Kier molecular flexibility index (Phi) is 4.90. The zero-order valence-corrected chi connectivity index (χ0v) is 11.0. The van der Waals surface area contributed by atoms with E-state index in [0.29, 0.717) is 0 Å². The van der Waals surface area contributed by atoms with Gasteiger partial charge < -0.3 is 4.74 Å². The third-order valence-corrected chi connectivity index (χ3v) is 3.83. The number of benzene rings is 1. The minimum atomic E-state index is 0.887. The molecule has 0 saturated heterocycles. The first-order valence-electron chi connectivity index (χ1n) is 7.10. The zero-order chi connectivity index (χ0) is 11.9. The van der Waals surface area contributed by atoms with Gasteiger partial charge in [0.2, 0.25) is 0 Å². The molecule has 0 amide bonds. The molecule has 0 bridgehead atoms. The average Bonchev–Trinajstić information content (AvgIpc) is 2.40. The molecule has 0 aliphatic heterocycles. The number of hydrogen-bond donors (Lipinski definition) is 0. The second-order valence-corrected chi connectivity index (χ2v) is 5.14. The fourth-order valence-corrected chi connectivity index (χ4v) is 2.67. The van der Waals surface area contributed by atoms with Crippen molar-refractivity contribution >= 4 is 0 Å². The molecule has 1 aromatic carbocycles. The third kappa shape index (κ3) is 4.07. The summed E-state index contributed by atoms with van der Waals surface area (Å²) in [6, 6.07) is 8.49. The second-order valence-electron chi connectivity index (χ2n) is 5.14. The van der Waals surface area contributed by atoms with Crippen LogP contribution in [0.1, 0.15) is 51.0 Å². The molecule has 0 radical (unpaired) electrons. The van der Waals surface area contributed by atoms with Gasteiger partial charge in [-0.25, -0.2) is 0 Å². The van der Waals surface area contributed by atoms with E-state index in [-0.39, 0.29) is 0 Å². The summed E-state index contributed by atoms with van der Waals surface area (Å²) in [6.45, 7) is 3.07. The number of rotatable bonds is 5. The normalized spacial score (nSPS) is 17.0. The Hall–Kier alpha value is -0.980. The highest BCUT2D eigenvalue weighted by atomic mass is 16.5. The Labute approximate surface area is 105 Å². The summed E-state index contributed by atoms with van der Waals surface area (Å²) in [5, 5.41) is 0. The van der Waals surface area contributed by atoms with E-state index in [4.69, 9.17) is 4.74 Å². The van der Waals surface area contributed by atoms with Crippen LogP contribution < -0.4 is 4.74 Å². The molecule has 1 heteroatoms. The van der Waals surface area contributed by atoms with E-state index >= 15 is 0 Å². The molecule has 1 aliphatic carbocycles. The van der Waals surface area contributed by atoms with Crippen LogP contribution in [0.5, 0.6) is 5.75 Å². The maximum Gasteiger partial charge on any atom is 0.119 e. The largest absolute Gasteiger partial charge is 0.494 e. The molecule has 0 N–H and O–H groups in total. The molecular formula is C16H24O. The van der Waals surface area contributed by atoms with Gasteiger partial charge in [-0.15, -0.1) is 0 Å². The van der Waals surface area contributed by atoms with Crippen molar-refractivity contribution in [1.29, 1.82) is 0 Å². The lowest BCUT2D eigenvalue weighted by Crippen LogP contribution is -2.10. The maximum atomic E-state index is 5.85. The predicted octanol–water partition coefficient (Wildman–Crippen LogP) is 4.60. The van der Waals surface area contributed by atoms with Crippen molar-refractivity contribution in [1.82, 2.24) is 0 Å². The molecule has 0 spiro atoms. The molecule has 1 nitrogen and oxygen atoms in total. The van der Waals surface area contributed by atoms with E-state index in [0.717, 1.165) is 24.7 Å². The molecule has 2 rings (SSSR count). The first-order chi connectivity index (χ1) is 8.38. The Bertz CT molecular complexity index is 326. The van der Waals surface area contributed by atoms with Crippen LogP contribution in [0.4, 0.5) is 0 Å². The van der Waals surface area contributed by atoms with E-state index in [2.05, 4.69) is 31.2 Å². The van der Waals surface area contributed by atoms with E-state index in [1.807, 2.05) is 0 Å². The molecule has 0 heterocycles. The lowest BCUT2D eigenvalue weighted by atomic mass is 9.87. The summed E-state index contributed by atoms with van der Waals surface area (Å²) >= 11 is 0. The minimum Gasteiger partial charge on any atom is -0.494 e. The maximum absolute atomic E-state index is 5.85. The van der Waals surface area contributed by atoms with Gasteiger partial charge in [0.1, 0.15) is 5.75 Å². The quantitative estimate of drug-likeness (QED) is 0.721. The van der Waals surface area contributed by atoms with E-state index < -0.39 is 0 Å². The SMILES string of the molecule is CCc1cccc(OCCC2CCCCC2)c1. The van der Waals surface area contributed by atoms with Gasteiger partial charge in [-0.1, -0.05) is 51.2 Å². The molecule has 0 atom stereocenters. The topological polar surface area (TPSA) is 9.23 Å². The first-order valence-corrected chi connectivity index (χ1v) is 7.10. The highest BCUT2D eigenvalue weighted by Crippen LogP contribution is 2.26. The van der Waals surface area contributed by atoms with Gasteiger partial charge >= 0.3 is 0 Å². The monoisotopic (exact) mass is 232 g/mol. The Morgan fingerprint density at radius 2 is 2.00 bits per heavy atom. The summed E-state index contributed by atoms with van der Waals surface area (Å²) in [7, 11) is 0. The Balaban J connectivity index is 1.73. The van der Waals surface area contributed by atoms with Gasteiger partial charge in [0.05, 0.1) is 6.61 Å². The molecule has 0 unspecified atom stereocenters. The molecule has 1 saturated carbocycles. The fourth-order valence-electron chi connectivity index (χ4n) is 2.67. The van der Waals surface area contributed by atoms with Crippen LogP contribution in [0.3, 0.4) is 0 Å². The highest BCUT2D eigenvalue weighted by Gasteiger charge is 2.12. The first kappa shape index (κ1) is 12.5. The smallest absolute Gasteiger partial charge is 0.119 e. The summed E-state index contributed by atoms with van der Waals surface area (Å²) in [5.74, 6) is 1.96. The van der Waals surface area contributed by atoms with Crippen LogP contribution in [-0.2, 0) is 6.42 Å². The van der Waals surface area contributed by atoms with Gasteiger partial charge in [-0.05, 0) is 36.5 Å². The molecule has 0 aromatic heterocycles. The summed E-state index contributed by atoms with van der Waals surface area (Å²) in [5.41, 5.74) is 1.36. The predicted molar refractivity (Wildman–Crippen MR) is 72.5 cm³/mol. The van der Waals surface area contributed by atoms with Crippen LogP contribution in [0.15, 0.2) is 24.3 Å². The van der Waals surface area contributed by atoms with Crippen molar-refractivity contribution in [2.24, 2.45) is 5.92 Å². The average molecular weight is 232 g/mol. The van der Waals surface area contributed by atoms with Crippen LogP contribution in [0.2, 0.25) is 0 Å². The van der Waals surface area contributed by atoms with E-state index in [1.165, 1.54) is 44.1 Å². The van der Waals surface area contributed by atoms with Gasteiger partial charge in [-0.2, -0.15) is 0 Å². The van der Waals surface area contributed by atoms with Crippen molar-refractivity contribution in [2.45, 2.75) is 51.9 Å². The number of ether oxygens (including phenoxy) is 1. The van der Waals surface area contributed by atoms with E-state index in [1.54, 1.807) is 0 Å². The van der Waals surface area contributed by atoms with Gasteiger partial charge in [-0.3, -0.25) is 0 Å². The third-order valence-electron chi connectivity index (χ3n) is 3.83. The molecule has 17 heavy (non-hydrogen) atoms. The Morgan fingerprint density at radius 3 is 2.76 bits per heavy atom. The standard InChI is InChI=1S/C16H24O/c1-2-14-9-6-10-16(13-14)17-12-11-15-7-4-3-5-8-15/h6,9-10,13,15H,2-5,7-8,11-12H2,1H3. The second kappa shape index (κ2) is 6.68. The molecule has 94 valence electrons. The van der Waals surface area contributed by atoms with Crippen LogP contribution in [0.25, 0.3) is 0 Å². The fraction of sp³-hybridized carbons (Fsp3) is 0.625. The van der Waals surface area contributed by atoms with E-state index in [9.17, 15) is 0 Å². The number of aryl methyl sites for hydroxylation is 1. The summed E-state index contributed by atoms with van der Waals surface area (Å²) in [4.78, 5) is 0.